The zero-order chi connectivity index (χ0) is 20.9. The summed E-state index contributed by atoms with van der Waals surface area (Å²) in [5, 5.41) is 10.6. The average molecular weight is 393 g/mol. The molecule has 7 heteroatoms. The molecular weight excluding hydrogens is 373 g/mol. The van der Waals surface area contributed by atoms with E-state index in [9.17, 15) is 19.1 Å². The number of hydrogen-bond acceptors (Lipinski definition) is 4. The van der Waals surface area contributed by atoms with Crippen LogP contribution in [-0.2, 0) is 9.59 Å². The molecule has 148 valence electrons. The molecule has 2 N–H and O–H groups in total. The van der Waals surface area contributed by atoms with Gasteiger partial charge in [0.25, 0.3) is 5.91 Å². The van der Waals surface area contributed by atoms with Gasteiger partial charge in [0.1, 0.15) is 5.82 Å². The smallest absolute Gasteiger partial charge is 0.296 e. The van der Waals surface area contributed by atoms with Gasteiger partial charge in [-0.05, 0) is 23.8 Å². The number of fused-ring (bicyclic) bond motifs is 1. The summed E-state index contributed by atoms with van der Waals surface area (Å²) >= 11 is 0. The van der Waals surface area contributed by atoms with E-state index in [1.807, 2.05) is 6.07 Å². The minimum Gasteiger partial charge on any atom is -0.503 e. The van der Waals surface area contributed by atoms with Crippen molar-refractivity contribution in [3.05, 3.63) is 71.2 Å². The highest BCUT2D eigenvalue weighted by Crippen LogP contribution is 2.42. The third kappa shape index (κ3) is 3.08. The molecule has 3 aromatic rings. The number of amides is 1. The number of anilines is 1. The van der Waals surface area contributed by atoms with Crippen molar-refractivity contribution in [2.45, 2.75) is 26.8 Å². The van der Waals surface area contributed by atoms with Crippen LogP contribution in [0.1, 0.15) is 32.4 Å². The van der Waals surface area contributed by atoms with Crippen molar-refractivity contribution in [3.63, 3.8) is 0 Å². The minimum absolute atomic E-state index is 0.0281. The molecule has 6 nitrogen and oxygen atoms in total. The molecule has 0 saturated heterocycles. The van der Waals surface area contributed by atoms with Crippen molar-refractivity contribution in [1.82, 2.24) is 9.97 Å². The summed E-state index contributed by atoms with van der Waals surface area (Å²) in [5.41, 5.74) is 0.763. The van der Waals surface area contributed by atoms with Gasteiger partial charge in [0.15, 0.2) is 11.5 Å². The van der Waals surface area contributed by atoms with E-state index < -0.39 is 28.9 Å². The third-order valence-corrected chi connectivity index (χ3v) is 4.91. The quantitative estimate of drug-likeness (QED) is 0.698. The van der Waals surface area contributed by atoms with E-state index in [2.05, 4.69) is 9.97 Å². The Hall–Kier alpha value is -3.48. The molecule has 0 saturated carbocycles. The SMILES string of the molecule is CC(C)(C)C(=O)C1=C(O)C(=O)N(c2nc3ccc(F)cc3[nH]2)C1c1ccccc1. The molecule has 29 heavy (non-hydrogen) atoms. The summed E-state index contributed by atoms with van der Waals surface area (Å²) < 4.78 is 13.6. The van der Waals surface area contributed by atoms with E-state index in [0.29, 0.717) is 16.6 Å². The lowest BCUT2D eigenvalue weighted by molar-refractivity contribution is -0.123. The largest absolute Gasteiger partial charge is 0.503 e. The zero-order valence-corrected chi connectivity index (χ0v) is 16.2. The van der Waals surface area contributed by atoms with Gasteiger partial charge in [0.05, 0.1) is 22.6 Å². The summed E-state index contributed by atoms with van der Waals surface area (Å²) in [6, 6.07) is 12.2. The molecule has 1 unspecified atom stereocenters. The monoisotopic (exact) mass is 393 g/mol. The summed E-state index contributed by atoms with van der Waals surface area (Å²) in [7, 11) is 0. The molecule has 1 aliphatic heterocycles. The number of H-pyrrole nitrogens is 1. The average Bonchev–Trinajstić information content (AvgIpc) is 3.19. The Balaban J connectivity index is 1.90. The van der Waals surface area contributed by atoms with Crippen LogP contribution in [0.2, 0.25) is 0 Å². The summed E-state index contributed by atoms with van der Waals surface area (Å²) in [4.78, 5) is 34.7. The number of carbonyl (C=O) groups is 2. The molecule has 1 atom stereocenters. The lowest BCUT2D eigenvalue weighted by Crippen LogP contribution is -2.33. The first-order valence-corrected chi connectivity index (χ1v) is 9.20. The number of aromatic amines is 1. The maximum absolute atomic E-state index is 13.6. The number of benzene rings is 2. The Labute approximate surface area is 166 Å². The topological polar surface area (TPSA) is 86.3 Å². The number of aliphatic hydroxyl groups excluding tert-OH is 1. The normalized spacial score (nSPS) is 17.4. The Kier molecular flexibility index (Phi) is 4.26. The number of carbonyl (C=O) groups excluding carboxylic acids is 2. The number of hydrogen-bond donors (Lipinski definition) is 2. The maximum Gasteiger partial charge on any atom is 0.296 e. The molecule has 1 aliphatic rings. The fourth-order valence-electron chi connectivity index (χ4n) is 3.49. The number of imidazole rings is 1. The Morgan fingerprint density at radius 1 is 1.17 bits per heavy atom. The van der Waals surface area contributed by atoms with Gasteiger partial charge in [-0.2, -0.15) is 0 Å². The number of Topliss-reactive ketones (excluding diaryl/α,β-unsaturated/α-hetero) is 1. The molecule has 4 rings (SSSR count). The number of rotatable bonds is 3. The van der Waals surface area contributed by atoms with Gasteiger partial charge in [-0.25, -0.2) is 9.37 Å². The van der Waals surface area contributed by atoms with Crippen LogP contribution in [0.4, 0.5) is 10.3 Å². The summed E-state index contributed by atoms with van der Waals surface area (Å²) in [5.74, 6) is -1.96. The van der Waals surface area contributed by atoms with Crippen molar-refractivity contribution in [1.29, 1.82) is 0 Å². The van der Waals surface area contributed by atoms with E-state index in [1.165, 1.54) is 23.1 Å². The number of aromatic nitrogens is 2. The fraction of sp³-hybridized carbons (Fsp3) is 0.227. The van der Waals surface area contributed by atoms with Gasteiger partial charge in [-0.15, -0.1) is 0 Å². The van der Waals surface area contributed by atoms with Gasteiger partial charge in [-0.3, -0.25) is 14.5 Å². The molecule has 0 bridgehead atoms. The van der Waals surface area contributed by atoms with Crippen LogP contribution < -0.4 is 4.90 Å². The van der Waals surface area contributed by atoms with E-state index in [4.69, 9.17) is 0 Å². The first-order valence-electron chi connectivity index (χ1n) is 9.20. The fourth-order valence-corrected chi connectivity index (χ4v) is 3.49. The number of ketones is 1. The van der Waals surface area contributed by atoms with Gasteiger partial charge in [0, 0.05) is 5.41 Å². The van der Waals surface area contributed by atoms with Gasteiger partial charge >= 0.3 is 0 Å². The molecule has 0 aliphatic carbocycles. The van der Waals surface area contributed by atoms with Crippen molar-refractivity contribution in [2.75, 3.05) is 4.90 Å². The summed E-state index contributed by atoms with van der Waals surface area (Å²) in [6.45, 7) is 5.19. The highest BCUT2D eigenvalue weighted by Gasteiger charge is 2.47. The van der Waals surface area contributed by atoms with E-state index in [-0.39, 0.29) is 17.3 Å². The highest BCUT2D eigenvalue weighted by molar-refractivity contribution is 6.17. The third-order valence-electron chi connectivity index (χ3n) is 4.91. The van der Waals surface area contributed by atoms with E-state index in [1.54, 1.807) is 45.0 Å². The lowest BCUT2D eigenvalue weighted by atomic mass is 9.82. The molecular formula is C22H20FN3O3. The van der Waals surface area contributed by atoms with Crippen LogP contribution in [0.5, 0.6) is 0 Å². The number of aliphatic hydroxyl groups is 1. The van der Waals surface area contributed by atoms with Gasteiger partial charge in [0.2, 0.25) is 5.95 Å². The standard InChI is InChI=1S/C22H20FN3O3/c1-22(2,3)19(28)16-17(12-7-5-4-6-8-12)26(20(29)18(16)27)21-24-14-10-9-13(23)11-15(14)25-21/h4-11,17,27H,1-3H3,(H,24,25). The Morgan fingerprint density at radius 3 is 2.52 bits per heavy atom. The van der Waals surface area contributed by atoms with Crippen LogP contribution in [0.25, 0.3) is 11.0 Å². The molecule has 0 spiro atoms. The number of nitrogens with one attached hydrogen (secondary N) is 1. The zero-order valence-electron chi connectivity index (χ0n) is 16.2. The van der Waals surface area contributed by atoms with Crippen LogP contribution in [0, 0.1) is 11.2 Å². The van der Waals surface area contributed by atoms with Gasteiger partial charge < -0.3 is 10.1 Å². The molecule has 0 fully saturated rings. The second kappa shape index (κ2) is 6.55. The molecule has 2 aromatic carbocycles. The van der Waals surface area contributed by atoms with Crippen LogP contribution in [0.15, 0.2) is 59.9 Å². The predicted molar refractivity (Wildman–Crippen MR) is 107 cm³/mol. The Morgan fingerprint density at radius 2 is 1.86 bits per heavy atom. The molecule has 1 aromatic heterocycles. The van der Waals surface area contributed by atoms with Gasteiger partial charge in [-0.1, -0.05) is 51.1 Å². The number of halogens is 1. The van der Waals surface area contributed by atoms with Crippen molar-refractivity contribution >= 4 is 28.7 Å². The minimum atomic E-state index is -0.846. The second-order valence-electron chi connectivity index (χ2n) is 8.05. The summed E-state index contributed by atoms with van der Waals surface area (Å²) in [6.07, 6.45) is 0. The van der Waals surface area contributed by atoms with Crippen LogP contribution in [0.3, 0.4) is 0 Å². The first-order chi connectivity index (χ1) is 13.7. The molecule has 1 amide bonds. The second-order valence-corrected chi connectivity index (χ2v) is 8.05. The number of nitrogens with zero attached hydrogens (tertiary/aromatic N) is 2. The van der Waals surface area contributed by atoms with E-state index >= 15 is 0 Å². The lowest BCUT2D eigenvalue weighted by Gasteiger charge is -2.27. The van der Waals surface area contributed by atoms with Crippen molar-refractivity contribution < 1.29 is 19.1 Å². The van der Waals surface area contributed by atoms with Crippen LogP contribution >= 0.6 is 0 Å². The molecule has 0 radical (unpaired) electrons. The molecule has 2 heterocycles. The van der Waals surface area contributed by atoms with Crippen molar-refractivity contribution in [2.24, 2.45) is 5.41 Å². The van der Waals surface area contributed by atoms with E-state index in [0.717, 1.165) is 0 Å². The highest BCUT2D eigenvalue weighted by atomic mass is 19.1. The first kappa shape index (κ1) is 18.9. The van der Waals surface area contributed by atoms with Crippen molar-refractivity contribution in [3.8, 4) is 0 Å². The Bertz CT molecular complexity index is 1160. The predicted octanol–water partition coefficient (Wildman–Crippen LogP) is 4.22. The maximum atomic E-state index is 13.6. The van der Waals surface area contributed by atoms with Crippen LogP contribution in [-0.4, -0.2) is 26.8 Å².